The monoisotopic (exact) mass is 461 g/mol. The molecule has 3 rings (SSSR count). The molecule has 0 radical (unpaired) electrons. The van der Waals surface area contributed by atoms with E-state index in [2.05, 4.69) is 30.5 Å². The van der Waals surface area contributed by atoms with Gasteiger partial charge in [-0.1, -0.05) is 30.3 Å². The number of aromatic nitrogens is 1. The zero-order valence-electron chi connectivity index (χ0n) is 18.3. The average Bonchev–Trinajstić information content (AvgIpc) is 3.05. The molecule has 2 N–H and O–H groups in total. The fourth-order valence-electron chi connectivity index (χ4n) is 4.04. The van der Waals surface area contributed by atoms with Crippen molar-refractivity contribution in [3.63, 3.8) is 0 Å². The van der Waals surface area contributed by atoms with Gasteiger partial charge in [-0.3, -0.25) is 9.36 Å². The van der Waals surface area contributed by atoms with E-state index in [0.29, 0.717) is 12.8 Å². The Morgan fingerprint density at radius 1 is 1.16 bits per heavy atom. The Bertz CT molecular complexity index is 1090. The van der Waals surface area contributed by atoms with Crippen molar-refractivity contribution < 1.29 is 28.5 Å². The minimum absolute atomic E-state index is 0.163. The summed E-state index contributed by atoms with van der Waals surface area (Å²) in [6, 6.07) is 14.8. The smallest absolute Gasteiger partial charge is 0.305 e. The highest BCUT2D eigenvalue weighted by Crippen LogP contribution is 2.38. The first-order chi connectivity index (χ1) is 15.3. The lowest BCUT2D eigenvalue weighted by molar-refractivity contribution is -0.138. The van der Waals surface area contributed by atoms with Gasteiger partial charge >= 0.3 is 5.97 Å². The van der Waals surface area contributed by atoms with Crippen LogP contribution in [0, 0.1) is 5.82 Å². The molecule has 0 saturated carbocycles. The number of aliphatic carboxylic acids is 1. The summed E-state index contributed by atoms with van der Waals surface area (Å²) in [5.41, 5.74) is 4.19. The molecule has 2 aromatic carbocycles. The number of carbonyl (C=O) groups is 1. The number of carboxylic acids is 1. The van der Waals surface area contributed by atoms with E-state index >= 15 is 0 Å². The second-order valence-electron chi connectivity index (χ2n) is 8.09. The van der Waals surface area contributed by atoms with Crippen LogP contribution < -0.4 is 0 Å². The van der Waals surface area contributed by atoms with Crippen LogP contribution in [-0.4, -0.2) is 39.6 Å². The van der Waals surface area contributed by atoms with E-state index < -0.39 is 26.5 Å². The highest BCUT2D eigenvalue weighted by atomic mass is 31.1. The van der Waals surface area contributed by atoms with Crippen LogP contribution in [0.4, 0.5) is 4.39 Å². The quantitative estimate of drug-likeness (QED) is 0.299. The molecule has 0 bridgehead atoms. The molecule has 2 atom stereocenters. The van der Waals surface area contributed by atoms with E-state index in [4.69, 9.17) is 9.63 Å². The fraction of sp³-hybridized carbons (Fsp3) is 0.375. The number of hydrogen-bond acceptors (Lipinski definition) is 4. The highest BCUT2D eigenvalue weighted by molar-refractivity contribution is 7.39. The van der Waals surface area contributed by atoms with Gasteiger partial charge in [-0.15, -0.1) is 0 Å². The van der Waals surface area contributed by atoms with E-state index in [9.17, 15) is 18.9 Å². The zero-order chi connectivity index (χ0) is 23.3. The van der Waals surface area contributed by atoms with Crippen LogP contribution in [0.3, 0.4) is 0 Å². The van der Waals surface area contributed by atoms with Gasteiger partial charge in [0, 0.05) is 34.4 Å². The summed E-state index contributed by atoms with van der Waals surface area (Å²) in [4.78, 5) is 10.6. The number of aliphatic hydroxyl groups is 1. The molecule has 0 aliphatic carbocycles. The van der Waals surface area contributed by atoms with Crippen LogP contribution in [0.25, 0.3) is 22.0 Å². The third kappa shape index (κ3) is 5.85. The minimum Gasteiger partial charge on any atom is -0.481 e. The topological polar surface area (TPSA) is 88.8 Å². The largest absolute Gasteiger partial charge is 0.481 e. The SMILES string of the molecule is CC(C)n1c(CCCO[PH](=O)CC(O)CC(=O)O)c(-c2ccc(F)cc2)c2ccccc21. The molecule has 2 unspecified atom stereocenters. The Morgan fingerprint density at radius 3 is 2.50 bits per heavy atom. The van der Waals surface area contributed by atoms with E-state index in [1.54, 1.807) is 12.1 Å². The van der Waals surface area contributed by atoms with Crippen LogP contribution in [0.5, 0.6) is 0 Å². The van der Waals surface area contributed by atoms with Crippen molar-refractivity contribution in [2.75, 3.05) is 12.8 Å². The Kier molecular flexibility index (Phi) is 8.24. The number of carboxylic acid groups (broad SMARTS) is 1. The van der Waals surface area contributed by atoms with E-state index in [1.807, 2.05) is 12.1 Å². The Morgan fingerprint density at radius 2 is 1.84 bits per heavy atom. The first kappa shape index (κ1) is 24.2. The molecular formula is C24H29FNO5P. The summed E-state index contributed by atoms with van der Waals surface area (Å²) in [6.45, 7) is 4.47. The molecule has 0 saturated heterocycles. The van der Waals surface area contributed by atoms with E-state index in [-0.39, 0.29) is 24.6 Å². The van der Waals surface area contributed by atoms with Crippen molar-refractivity contribution in [3.05, 3.63) is 60.0 Å². The molecule has 1 aromatic heterocycles. The van der Waals surface area contributed by atoms with Gasteiger partial charge in [0.1, 0.15) is 5.82 Å². The first-order valence-corrected chi connectivity index (χ1v) is 12.2. The number of para-hydroxylation sites is 1. The van der Waals surface area contributed by atoms with E-state index in [0.717, 1.165) is 27.7 Å². The third-order valence-corrected chi connectivity index (χ3v) is 6.63. The van der Waals surface area contributed by atoms with Gasteiger partial charge in [0.05, 0.1) is 19.1 Å². The molecular weight excluding hydrogens is 432 g/mol. The van der Waals surface area contributed by atoms with Gasteiger partial charge in [-0.05, 0) is 50.5 Å². The van der Waals surface area contributed by atoms with Crippen LogP contribution in [-0.2, 0) is 20.3 Å². The lowest BCUT2D eigenvalue weighted by Crippen LogP contribution is -2.15. The lowest BCUT2D eigenvalue weighted by Gasteiger charge is -2.16. The third-order valence-electron chi connectivity index (χ3n) is 5.30. The maximum Gasteiger partial charge on any atom is 0.305 e. The fourth-order valence-corrected chi connectivity index (χ4v) is 5.06. The molecule has 0 fully saturated rings. The van der Waals surface area contributed by atoms with E-state index in [1.165, 1.54) is 12.1 Å². The van der Waals surface area contributed by atoms with Crippen molar-refractivity contribution >= 4 is 24.9 Å². The van der Waals surface area contributed by atoms with Gasteiger partial charge in [0.25, 0.3) is 0 Å². The maximum atomic E-state index is 13.5. The number of halogens is 1. The number of nitrogens with zero attached hydrogens (tertiary/aromatic N) is 1. The van der Waals surface area contributed by atoms with Crippen LogP contribution in [0.2, 0.25) is 0 Å². The number of hydrogen-bond donors (Lipinski definition) is 2. The second-order valence-corrected chi connectivity index (χ2v) is 9.53. The molecule has 6 nitrogen and oxygen atoms in total. The average molecular weight is 461 g/mol. The Hall–Kier alpha value is -2.47. The molecule has 3 aromatic rings. The van der Waals surface area contributed by atoms with Gasteiger partial charge < -0.3 is 19.3 Å². The Labute approximate surface area is 187 Å². The van der Waals surface area contributed by atoms with Gasteiger partial charge in [-0.25, -0.2) is 4.39 Å². The lowest BCUT2D eigenvalue weighted by atomic mass is 10.00. The molecule has 0 amide bonds. The molecule has 8 heteroatoms. The molecule has 0 aliphatic rings. The molecule has 0 aliphatic heterocycles. The predicted molar refractivity (Wildman–Crippen MR) is 124 cm³/mol. The van der Waals surface area contributed by atoms with Crippen molar-refractivity contribution in [2.24, 2.45) is 0 Å². The van der Waals surface area contributed by atoms with Crippen LogP contribution in [0.1, 0.15) is 38.4 Å². The predicted octanol–water partition coefficient (Wildman–Crippen LogP) is 5.29. The molecule has 1 heterocycles. The normalized spacial score (nSPS) is 13.5. The Balaban J connectivity index is 1.80. The summed E-state index contributed by atoms with van der Waals surface area (Å²) in [7, 11) is -2.52. The summed E-state index contributed by atoms with van der Waals surface area (Å²) in [5, 5.41) is 19.4. The zero-order valence-corrected chi connectivity index (χ0v) is 19.3. The molecule has 0 spiro atoms. The van der Waals surface area contributed by atoms with Crippen LogP contribution in [0.15, 0.2) is 48.5 Å². The second kappa shape index (κ2) is 10.9. The van der Waals surface area contributed by atoms with Gasteiger partial charge in [0.15, 0.2) is 8.03 Å². The van der Waals surface area contributed by atoms with Crippen LogP contribution >= 0.6 is 8.03 Å². The minimum atomic E-state index is -2.52. The summed E-state index contributed by atoms with van der Waals surface area (Å²) in [5.74, 6) is -1.42. The number of benzene rings is 2. The molecule has 172 valence electrons. The number of aliphatic hydroxyl groups excluding tert-OH is 1. The summed E-state index contributed by atoms with van der Waals surface area (Å²) < 4.78 is 33.2. The van der Waals surface area contributed by atoms with Crippen molar-refractivity contribution in [3.8, 4) is 11.1 Å². The summed E-state index contributed by atoms with van der Waals surface area (Å²) in [6.07, 6.45) is -0.526. The summed E-state index contributed by atoms with van der Waals surface area (Å²) >= 11 is 0. The van der Waals surface area contributed by atoms with Crippen molar-refractivity contribution in [1.82, 2.24) is 4.57 Å². The molecule has 32 heavy (non-hydrogen) atoms. The number of fused-ring (bicyclic) bond motifs is 1. The highest BCUT2D eigenvalue weighted by Gasteiger charge is 2.20. The van der Waals surface area contributed by atoms with Crippen molar-refractivity contribution in [1.29, 1.82) is 0 Å². The van der Waals surface area contributed by atoms with Crippen molar-refractivity contribution in [2.45, 2.75) is 45.3 Å². The first-order valence-electron chi connectivity index (χ1n) is 10.7. The standard InChI is InChI=1S/C24H29FNO5P/c1-16(2)26-21-7-4-3-6-20(21)24(17-9-11-18(25)12-10-17)22(26)8-5-13-31-32(30)15-19(27)14-23(28)29/h3-4,6-7,9-12,16,19,27,32H,5,8,13-15H2,1-2H3,(H,28,29). The number of rotatable bonds is 11. The maximum absolute atomic E-state index is 13.5. The van der Waals surface area contributed by atoms with Gasteiger partial charge in [0.2, 0.25) is 0 Å². The van der Waals surface area contributed by atoms with Gasteiger partial charge in [-0.2, -0.15) is 0 Å².